The van der Waals surface area contributed by atoms with E-state index >= 15 is 0 Å². The third kappa shape index (κ3) is 5.87. The lowest BCUT2D eigenvalue weighted by Crippen LogP contribution is -2.25. The Kier molecular flexibility index (Phi) is 7.41. The highest BCUT2D eigenvalue weighted by molar-refractivity contribution is 8.00. The molecule has 164 valence electrons. The van der Waals surface area contributed by atoms with Crippen molar-refractivity contribution in [1.29, 1.82) is 0 Å². The predicted octanol–water partition coefficient (Wildman–Crippen LogP) is 5.11. The molecule has 0 aliphatic carbocycles. The Morgan fingerprint density at radius 2 is 1.94 bits per heavy atom. The number of nitrogens with zero attached hydrogens (tertiary/aromatic N) is 1. The second kappa shape index (κ2) is 10.6. The molecule has 0 unspecified atom stereocenters. The van der Waals surface area contributed by atoms with Crippen LogP contribution in [0.4, 0.5) is 0 Å². The number of benzene rings is 1. The lowest BCUT2D eigenvalue weighted by molar-refractivity contribution is -0.118. The van der Waals surface area contributed by atoms with Crippen molar-refractivity contribution in [3.63, 3.8) is 0 Å². The fourth-order valence-electron chi connectivity index (χ4n) is 2.92. The summed E-state index contributed by atoms with van der Waals surface area (Å²) in [5.74, 6) is 0.630. The van der Waals surface area contributed by atoms with E-state index in [9.17, 15) is 9.59 Å². The Morgan fingerprint density at radius 1 is 1.06 bits per heavy atom. The minimum absolute atomic E-state index is 0.120. The molecular formula is C23H21N3O3S3. The average molecular weight is 484 g/mol. The molecule has 0 aliphatic rings. The minimum Gasteiger partial charge on any atom is -0.467 e. The first-order valence-electron chi connectivity index (χ1n) is 9.89. The number of thioether (sulfide) groups is 1. The fraction of sp³-hybridized carbons (Fsp3) is 0.174. The van der Waals surface area contributed by atoms with Gasteiger partial charge in [0.2, 0.25) is 5.91 Å². The van der Waals surface area contributed by atoms with Gasteiger partial charge in [0.15, 0.2) is 0 Å². The highest BCUT2D eigenvalue weighted by atomic mass is 32.2. The van der Waals surface area contributed by atoms with E-state index in [1.807, 2.05) is 48.7 Å². The van der Waals surface area contributed by atoms with Crippen molar-refractivity contribution >= 4 is 46.2 Å². The second-order valence-corrected chi connectivity index (χ2v) is 10.1. The number of aryl methyl sites for hydroxylation is 1. The Bertz CT molecular complexity index is 1200. The zero-order valence-electron chi connectivity index (χ0n) is 17.3. The van der Waals surface area contributed by atoms with E-state index in [-0.39, 0.29) is 17.6 Å². The maximum absolute atomic E-state index is 12.8. The number of thiazole rings is 1. The number of hydrogen-bond donors (Lipinski definition) is 2. The molecule has 0 fully saturated rings. The summed E-state index contributed by atoms with van der Waals surface area (Å²) < 4.78 is 5.21. The SMILES string of the molecule is Cc1nc(-c2ccc(CNC(=O)c3ccccc3SCC(=O)NCc3ccco3)s2)cs1. The molecule has 0 radical (unpaired) electrons. The van der Waals surface area contributed by atoms with Crippen LogP contribution in [0.5, 0.6) is 0 Å². The van der Waals surface area contributed by atoms with Crippen molar-refractivity contribution in [2.24, 2.45) is 0 Å². The number of aromatic nitrogens is 1. The molecule has 0 spiro atoms. The number of amides is 2. The van der Waals surface area contributed by atoms with Crippen molar-refractivity contribution in [2.75, 3.05) is 5.75 Å². The topological polar surface area (TPSA) is 84.2 Å². The molecule has 3 heterocycles. The van der Waals surface area contributed by atoms with E-state index < -0.39 is 0 Å². The number of furan rings is 1. The summed E-state index contributed by atoms with van der Waals surface area (Å²) >= 11 is 4.59. The van der Waals surface area contributed by atoms with E-state index in [0.717, 1.165) is 25.4 Å². The van der Waals surface area contributed by atoms with E-state index in [1.54, 1.807) is 41.1 Å². The minimum atomic E-state index is -0.163. The standard InChI is InChI=1S/C23H21N3O3S3/c1-15-26-19(13-30-15)21-9-8-17(32-21)12-25-23(28)18-6-2-3-7-20(18)31-14-22(27)24-11-16-5-4-10-29-16/h2-10,13H,11-12,14H2,1H3,(H,24,27)(H,25,28). The van der Waals surface area contributed by atoms with Gasteiger partial charge in [-0.05, 0) is 43.3 Å². The number of hydrogen-bond acceptors (Lipinski definition) is 7. The number of carbonyl (C=O) groups is 2. The average Bonchev–Trinajstić information content (AvgIpc) is 3.57. The van der Waals surface area contributed by atoms with Crippen LogP contribution in [0.1, 0.15) is 26.0 Å². The van der Waals surface area contributed by atoms with Gasteiger partial charge in [0.1, 0.15) is 5.76 Å². The molecule has 1 aromatic carbocycles. The van der Waals surface area contributed by atoms with E-state index in [4.69, 9.17) is 4.42 Å². The third-order valence-corrected chi connectivity index (χ3v) is 7.44. The Hall–Kier alpha value is -2.88. The molecule has 6 nitrogen and oxygen atoms in total. The predicted molar refractivity (Wildman–Crippen MR) is 129 cm³/mol. The first-order chi connectivity index (χ1) is 15.6. The maximum Gasteiger partial charge on any atom is 0.252 e. The van der Waals surface area contributed by atoms with Gasteiger partial charge in [-0.1, -0.05) is 12.1 Å². The molecule has 4 rings (SSSR count). The number of nitrogens with one attached hydrogen (secondary N) is 2. The summed E-state index contributed by atoms with van der Waals surface area (Å²) in [6.07, 6.45) is 1.57. The molecule has 4 aromatic rings. The van der Waals surface area contributed by atoms with Gasteiger partial charge < -0.3 is 15.1 Å². The van der Waals surface area contributed by atoms with Crippen LogP contribution in [0.3, 0.4) is 0 Å². The zero-order valence-corrected chi connectivity index (χ0v) is 19.7. The van der Waals surface area contributed by atoms with Crippen molar-refractivity contribution in [2.45, 2.75) is 24.9 Å². The van der Waals surface area contributed by atoms with Gasteiger partial charge in [0, 0.05) is 15.2 Å². The summed E-state index contributed by atoms with van der Waals surface area (Å²) in [7, 11) is 0. The molecule has 2 amide bonds. The summed E-state index contributed by atoms with van der Waals surface area (Å²) in [5, 5.41) is 8.87. The van der Waals surface area contributed by atoms with Gasteiger partial charge in [-0.2, -0.15) is 0 Å². The molecule has 3 aromatic heterocycles. The first-order valence-corrected chi connectivity index (χ1v) is 12.6. The fourth-order valence-corrected chi connectivity index (χ4v) is 5.40. The van der Waals surface area contributed by atoms with Crippen molar-refractivity contribution in [1.82, 2.24) is 15.6 Å². The van der Waals surface area contributed by atoms with Crippen LogP contribution in [0.2, 0.25) is 0 Å². The van der Waals surface area contributed by atoms with Crippen LogP contribution in [0.15, 0.2) is 69.5 Å². The Morgan fingerprint density at radius 3 is 2.72 bits per heavy atom. The Labute approximate surface area is 198 Å². The van der Waals surface area contributed by atoms with Gasteiger partial charge >= 0.3 is 0 Å². The molecule has 0 aliphatic heterocycles. The molecule has 0 atom stereocenters. The van der Waals surface area contributed by atoms with Gasteiger partial charge in [-0.3, -0.25) is 9.59 Å². The maximum atomic E-state index is 12.8. The molecule has 0 saturated carbocycles. The normalized spacial score (nSPS) is 10.8. The number of thiophene rings is 1. The van der Waals surface area contributed by atoms with Gasteiger partial charge in [-0.25, -0.2) is 4.98 Å². The van der Waals surface area contributed by atoms with Gasteiger partial charge in [0.05, 0.1) is 46.2 Å². The quantitative estimate of drug-likeness (QED) is 0.323. The molecule has 9 heteroatoms. The summed E-state index contributed by atoms with van der Waals surface area (Å²) in [6.45, 7) is 2.77. The van der Waals surface area contributed by atoms with Crippen molar-refractivity contribution in [3.05, 3.63) is 81.4 Å². The van der Waals surface area contributed by atoms with E-state index in [1.165, 1.54) is 11.8 Å². The van der Waals surface area contributed by atoms with E-state index in [0.29, 0.717) is 24.4 Å². The number of rotatable bonds is 9. The van der Waals surface area contributed by atoms with Crippen LogP contribution in [-0.4, -0.2) is 22.6 Å². The summed E-state index contributed by atoms with van der Waals surface area (Å²) in [5.41, 5.74) is 1.53. The molecular weight excluding hydrogens is 462 g/mol. The molecule has 32 heavy (non-hydrogen) atoms. The number of carbonyl (C=O) groups excluding carboxylic acids is 2. The van der Waals surface area contributed by atoms with Crippen LogP contribution in [0.25, 0.3) is 10.6 Å². The monoisotopic (exact) mass is 483 g/mol. The van der Waals surface area contributed by atoms with Crippen LogP contribution >= 0.6 is 34.4 Å². The first kappa shape index (κ1) is 22.3. The third-order valence-electron chi connectivity index (χ3n) is 4.49. The Balaban J connectivity index is 1.31. The smallest absolute Gasteiger partial charge is 0.252 e. The van der Waals surface area contributed by atoms with Crippen molar-refractivity contribution < 1.29 is 14.0 Å². The zero-order chi connectivity index (χ0) is 22.3. The highest BCUT2D eigenvalue weighted by Gasteiger charge is 2.14. The lowest BCUT2D eigenvalue weighted by atomic mass is 10.2. The molecule has 0 bridgehead atoms. The summed E-state index contributed by atoms with van der Waals surface area (Å²) in [6, 6.07) is 14.9. The van der Waals surface area contributed by atoms with Gasteiger partial charge in [-0.15, -0.1) is 34.4 Å². The highest BCUT2D eigenvalue weighted by Crippen LogP contribution is 2.29. The summed E-state index contributed by atoms with van der Waals surface area (Å²) in [4.78, 5) is 32.4. The molecule has 0 saturated heterocycles. The largest absolute Gasteiger partial charge is 0.467 e. The molecule has 2 N–H and O–H groups in total. The van der Waals surface area contributed by atoms with Gasteiger partial charge in [0.25, 0.3) is 5.91 Å². The second-order valence-electron chi connectivity index (χ2n) is 6.84. The van der Waals surface area contributed by atoms with E-state index in [2.05, 4.69) is 15.6 Å². The lowest BCUT2D eigenvalue weighted by Gasteiger charge is -2.09. The van der Waals surface area contributed by atoms with Crippen molar-refractivity contribution in [3.8, 4) is 10.6 Å². The van der Waals surface area contributed by atoms with Crippen LogP contribution < -0.4 is 10.6 Å². The van der Waals surface area contributed by atoms with Crippen LogP contribution in [0, 0.1) is 6.92 Å². The van der Waals surface area contributed by atoms with Crippen LogP contribution in [-0.2, 0) is 17.9 Å².